The molecule has 0 aromatic carbocycles. The zero-order valence-electron chi connectivity index (χ0n) is 10.1. The normalized spacial score (nSPS) is 11.3. The molecule has 0 N–H and O–H groups in total. The van der Waals surface area contributed by atoms with Gasteiger partial charge in [0.1, 0.15) is 0 Å². The second-order valence-electron chi connectivity index (χ2n) is 4.07. The van der Waals surface area contributed by atoms with Gasteiger partial charge < -0.3 is 0 Å². The van der Waals surface area contributed by atoms with E-state index in [9.17, 15) is 0 Å². The molecule has 0 atom stereocenters. The van der Waals surface area contributed by atoms with E-state index >= 15 is 0 Å². The average Bonchev–Trinajstić information content (AvgIpc) is 2.21. The molecular formula is C14H27. The van der Waals surface area contributed by atoms with Gasteiger partial charge in [-0.05, 0) is 31.8 Å². The van der Waals surface area contributed by atoms with Crippen molar-refractivity contribution in [2.24, 2.45) is 0 Å². The third kappa shape index (κ3) is 11.7. The van der Waals surface area contributed by atoms with E-state index in [2.05, 4.69) is 26.0 Å². The molecule has 0 spiro atoms. The summed E-state index contributed by atoms with van der Waals surface area (Å²) in [7, 11) is 0. The average molecular weight is 195 g/mol. The predicted octanol–water partition coefficient (Wildman–Crippen LogP) is 5.29. The van der Waals surface area contributed by atoms with Crippen LogP contribution in [0, 0.1) is 6.08 Å². The molecule has 0 saturated carbocycles. The molecule has 0 aliphatic rings. The highest BCUT2D eigenvalue weighted by atomic mass is 13.9. The Morgan fingerprint density at radius 1 is 0.786 bits per heavy atom. The Morgan fingerprint density at radius 3 is 2.14 bits per heavy atom. The van der Waals surface area contributed by atoms with Gasteiger partial charge in [0.15, 0.2) is 0 Å². The van der Waals surface area contributed by atoms with Crippen LogP contribution >= 0.6 is 0 Å². The molecule has 0 amide bonds. The van der Waals surface area contributed by atoms with Gasteiger partial charge in [0, 0.05) is 0 Å². The molecule has 0 nitrogen and oxygen atoms in total. The molecule has 0 unspecified atom stereocenters. The Hall–Kier alpha value is -0.260. The molecule has 0 rings (SSSR count). The summed E-state index contributed by atoms with van der Waals surface area (Å²) >= 11 is 0. The van der Waals surface area contributed by atoms with E-state index in [1.807, 2.05) is 0 Å². The van der Waals surface area contributed by atoms with E-state index in [1.54, 1.807) is 0 Å². The lowest BCUT2D eigenvalue weighted by molar-refractivity contribution is 0.610. The number of rotatable bonds is 10. The minimum atomic E-state index is 1.16. The van der Waals surface area contributed by atoms with Gasteiger partial charge in [-0.25, -0.2) is 0 Å². The summed E-state index contributed by atoms with van der Waals surface area (Å²) in [5.41, 5.74) is 0. The zero-order chi connectivity index (χ0) is 10.5. The molecule has 1 radical (unpaired) electrons. The molecule has 0 heterocycles. The van der Waals surface area contributed by atoms with Crippen molar-refractivity contribution in [3.8, 4) is 0 Å². The van der Waals surface area contributed by atoms with Crippen LogP contribution < -0.4 is 0 Å². The van der Waals surface area contributed by atoms with Crippen molar-refractivity contribution in [1.82, 2.24) is 0 Å². The third-order valence-electron chi connectivity index (χ3n) is 2.52. The minimum absolute atomic E-state index is 1.16. The molecule has 0 aromatic rings. The lowest BCUT2D eigenvalue weighted by atomic mass is 10.1. The Morgan fingerprint density at radius 2 is 1.43 bits per heavy atom. The fraction of sp³-hybridized carbons (Fsp3) is 0.857. The summed E-state index contributed by atoms with van der Waals surface area (Å²) in [5.74, 6) is 0. The maximum Gasteiger partial charge on any atom is -0.0280 e. The first-order valence-corrected chi connectivity index (χ1v) is 6.46. The number of hydrogen-bond acceptors (Lipinski definition) is 0. The van der Waals surface area contributed by atoms with Crippen LogP contribution in [0.2, 0.25) is 0 Å². The van der Waals surface area contributed by atoms with E-state index in [0.29, 0.717) is 0 Å². The topological polar surface area (TPSA) is 0 Å². The Bertz CT molecular complexity index is 113. The van der Waals surface area contributed by atoms with E-state index in [1.165, 1.54) is 57.8 Å². The van der Waals surface area contributed by atoms with E-state index in [0.717, 1.165) is 6.42 Å². The van der Waals surface area contributed by atoms with Crippen LogP contribution in [0.4, 0.5) is 0 Å². The molecular weight excluding hydrogens is 168 g/mol. The first-order chi connectivity index (χ1) is 6.91. The van der Waals surface area contributed by atoms with Crippen LogP contribution in [0.15, 0.2) is 6.08 Å². The van der Waals surface area contributed by atoms with Gasteiger partial charge in [-0.3, -0.25) is 0 Å². The molecule has 14 heavy (non-hydrogen) atoms. The molecule has 0 aliphatic carbocycles. The van der Waals surface area contributed by atoms with Gasteiger partial charge in [0.25, 0.3) is 0 Å². The monoisotopic (exact) mass is 195 g/mol. The third-order valence-corrected chi connectivity index (χ3v) is 2.52. The number of hydrogen-bond donors (Lipinski definition) is 0. The van der Waals surface area contributed by atoms with E-state index in [4.69, 9.17) is 0 Å². The summed E-state index contributed by atoms with van der Waals surface area (Å²) in [6.45, 7) is 4.50. The Labute approximate surface area is 90.8 Å². The molecule has 0 fully saturated rings. The van der Waals surface area contributed by atoms with Crippen molar-refractivity contribution in [2.45, 2.75) is 78.1 Å². The van der Waals surface area contributed by atoms with Crippen molar-refractivity contribution in [3.05, 3.63) is 12.2 Å². The number of allylic oxidation sites excluding steroid dienone is 2. The van der Waals surface area contributed by atoms with Gasteiger partial charge in [-0.1, -0.05) is 58.4 Å². The summed E-state index contributed by atoms with van der Waals surface area (Å²) in [4.78, 5) is 0. The van der Waals surface area contributed by atoms with Crippen LogP contribution in [0.3, 0.4) is 0 Å². The maximum atomic E-state index is 3.36. The summed E-state index contributed by atoms with van der Waals surface area (Å²) < 4.78 is 0. The first-order valence-electron chi connectivity index (χ1n) is 6.46. The van der Waals surface area contributed by atoms with Crippen LogP contribution in [-0.4, -0.2) is 0 Å². The van der Waals surface area contributed by atoms with Crippen molar-refractivity contribution < 1.29 is 0 Å². The predicted molar refractivity (Wildman–Crippen MR) is 65.3 cm³/mol. The summed E-state index contributed by atoms with van der Waals surface area (Å²) in [6.07, 6.45) is 19.0. The first kappa shape index (κ1) is 13.7. The second-order valence-corrected chi connectivity index (χ2v) is 4.07. The van der Waals surface area contributed by atoms with Gasteiger partial charge >= 0.3 is 0 Å². The van der Waals surface area contributed by atoms with Gasteiger partial charge in [-0.15, -0.1) is 0 Å². The molecule has 0 aromatic heterocycles. The van der Waals surface area contributed by atoms with E-state index < -0.39 is 0 Å². The van der Waals surface area contributed by atoms with Crippen LogP contribution in [-0.2, 0) is 0 Å². The fourth-order valence-electron chi connectivity index (χ4n) is 1.51. The smallest absolute Gasteiger partial charge is 0.0280 e. The lowest BCUT2D eigenvalue weighted by Crippen LogP contribution is -1.77. The summed E-state index contributed by atoms with van der Waals surface area (Å²) in [5, 5.41) is 0. The highest BCUT2D eigenvalue weighted by Crippen LogP contribution is 2.07. The largest absolute Gasteiger partial charge is 0.0811 e. The quantitative estimate of drug-likeness (QED) is 0.416. The highest BCUT2D eigenvalue weighted by molar-refractivity contribution is 4.73. The molecule has 0 heteroatoms. The van der Waals surface area contributed by atoms with Crippen molar-refractivity contribution in [2.75, 3.05) is 0 Å². The molecule has 83 valence electrons. The van der Waals surface area contributed by atoms with Crippen molar-refractivity contribution in [3.63, 3.8) is 0 Å². The SMILES string of the molecule is CCCC/[C]=C/CCCCCCCC. The Kier molecular flexibility index (Phi) is 12.5. The van der Waals surface area contributed by atoms with Gasteiger partial charge in [0.05, 0.1) is 0 Å². The van der Waals surface area contributed by atoms with Crippen LogP contribution in [0.1, 0.15) is 78.1 Å². The molecule has 0 bridgehead atoms. The standard InChI is InChI=1S/C14H27/c1-3-5-7-9-11-13-14-12-10-8-6-4-2/h12H,3-9,11,13-14H2,1-2H3. The van der Waals surface area contributed by atoms with Crippen molar-refractivity contribution >= 4 is 0 Å². The van der Waals surface area contributed by atoms with Crippen molar-refractivity contribution in [1.29, 1.82) is 0 Å². The molecule has 0 saturated heterocycles. The zero-order valence-corrected chi connectivity index (χ0v) is 10.1. The molecule has 0 aliphatic heterocycles. The van der Waals surface area contributed by atoms with Crippen LogP contribution in [0.5, 0.6) is 0 Å². The maximum absolute atomic E-state index is 3.36. The fourth-order valence-corrected chi connectivity index (χ4v) is 1.51. The lowest BCUT2D eigenvalue weighted by Gasteiger charge is -1.97. The van der Waals surface area contributed by atoms with Gasteiger partial charge in [0.2, 0.25) is 0 Å². The van der Waals surface area contributed by atoms with E-state index in [-0.39, 0.29) is 0 Å². The highest BCUT2D eigenvalue weighted by Gasteiger charge is 1.87. The van der Waals surface area contributed by atoms with Gasteiger partial charge in [-0.2, -0.15) is 0 Å². The Balaban J connectivity index is 2.94. The second kappa shape index (κ2) is 12.7. The minimum Gasteiger partial charge on any atom is -0.0811 e. The van der Waals surface area contributed by atoms with Crippen LogP contribution in [0.25, 0.3) is 0 Å². The summed E-state index contributed by atoms with van der Waals surface area (Å²) in [6, 6.07) is 0. The number of unbranched alkanes of at least 4 members (excludes halogenated alkanes) is 8.